The van der Waals surface area contributed by atoms with Crippen molar-refractivity contribution in [3.8, 4) is 0 Å². The lowest BCUT2D eigenvalue weighted by atomic mass is 9.85. The van der Waals surface area contributed by atoms with E-state index in [4.69, 9.17) is 34.0 Å². The molecular weight excluding hydrogens is 764 g/mol. The van der Waals surface area contributed by atoms with E-state index in [1.54, 1.807) is 0 Å². The van der Waals surface area contributed by atoms with Crippen molar-refractivity contribution in [3.05, 3.63) is 0 Å². The molecule has 1 fully saturated rings. The number of unbranched alkanes of at least 4 members (excludes halogenated alkanes) is 19. The van der Waals surface area contributed by atoms with Crippen molar-refractivity contribution in [2.24, 2.45) is 5.73 Å². The number of aliphatic hydroxyl groups excluding tert-OH is 4. The van der Waals surface area contributed by atoms with Crippen LogP contribution in [0.1, 0.15) is 155 Å². The summed E-state index contributed by atoms with van der Waals surface area (Å²) >= 11 is 0. The Morgan fingerprint density at radius 2 is 0.982 bits per heavy atom. The molecule has 17 nitrogen and oxygen atoms in total. The van der Waals surface area contributed by atoms with E-state index in [1.165, 1.54) is 51.4 Å². The van der Waals surface area contributed by atoms with Gasteiger partial charge in [-0.2, -0.15) is 0 Å². The van der Waals surface area contributed by atoms with Crippen LogP contribution < -0.4 is 5.73 Å². The number of phosphoric acid groups is 2. The number of ether oxygens (including phenoxy) is 2. The molecule has 0 bridgehead atoms. The van der Waals surface area contributed by atoms with Crippen LogP contribution >= 0.6 is 15.6 Å². The van der Waals surface area contributed by atoms with E-state index >= 15 is 0 Å². The molecule has 0 saturated heterocycles. The van der Waals surface area contributed by atoms with Gasteiger partial charge in [-0.05, 0) is 25.8 Å². The fraction of sp³-hybridized carbons (Fsp3) is 0.944. The van der Waals surface area contributed by atoms with Gasteiger partial charge in [0.2, 0.25) is 0 Å². The third-order valence-electron chi connectivity index (χ3n) is 9.53. The van der Waals surface area contributed by atoms with Crippen LogP contribution in [0.2, 0.25) is 0 Å². The molecule has 1 aliphatic rings. The second-order valence-electron chi connectivity index (χ2n) is 14.5. The zero-order chi connectivity index (χ0) is 41.1. The van der Waals surface area contributed by atoms with Gasteiger partial charge in [0.25, 0.3) is 0 Å². The van der Waals surface area contributed by atoms with Crippen LogP contribution in [0.5, 0.6) is 0 Å². The maximum Gasteiger partial charge on any atom is 0.472 e. The molecule has 0 aromatic carbocycles. The van der Waals surface area contributed by atoms with Crippen molar-refractivity contribution in [2.75, 3.05) is 19.8 Å². The molecule has 0 spiro atoms. The van der Waals surface area contributed by atoms with Crippen molar-refractivity contribution in [2.45, 2.75) is 197 Å². The number of aliphatic hydroxyl groups is 4. The van der Waals surface area contributed by atoms with Gasteiger partial charge in [-0.3, -0.25) is 23.2 Å². The highest BCUT2D eigenvalue weighted by Crippen LogP contribution is 2.49. The molecule has 0 aliphatic heterocycles. The first-order valence-corrected chi connectivity index (χ1v) is 23.3. The SMILES string of the molecule is CCCCCCCCCCCCCCCC(=O)O[C@H](COC(=O)CCCCCCCCCCN)COP(=O)(O)OC1C(O)[C@@H](OP(=O)(O)O)C(O)[C@@H](O)[C@H]1O. The summed E-state index contributed by atoms with van der Waals surface area (Å²) in [6, 6.07) is 0. The Hall–Kier alpha value is -1.04. The second-order valence-corrected chi connectivity index (χ2v) is 17.1. The molecular formula is C36H71NO16P2. The summed E-state index contributed by atoms with van der Waals surface area (Å²) in [6.45, 7) is 1.55. The first-order valence-electron chi connectivity index (χ1n) is 20.3. The minimum absolute atomic E-state index is 0.0450. The van der Waals surface area contributed by atoms with Gasteiger partial charge >= 0.3 is 27.6 Å². The van der Waals surface area contributed by atoms with Crippen LogP contribution in [0.4, 0.5) is 0 Å². The Morgan fingerprint density at radius 1 is 0.564 bits per heavy atom. The van der Waals surface area contributed by atoms with E-state index in [9.17, 15) is 44.0 Å². The summed E-state index contributed by atoms with van der Waals surface area (Å²) in [7, 11) is -10.6. The standard InChI is InChI=1S/C36H71NO16P2/c1-2-3-4-5-6-7-8-9-10-11-15-18-21-24-30(39)51-28(26-49-29(38)23-20-17-14-12-13-16-19-22-25-37)27-50-55(47,48)53-36-33(42)31(40)32(41)35(34(36)43)52-54(44,45)46/h28,31-36,40-43H,2-27,37H2,1H3,(H,47,48)(H2,44,45,46)/t28-,31-,32?,33-,34?,35+,36?/m1/s1. The number of hydrogen-bond acceptors (Lipinski definition) is 14. The molecule has 4 unspecified atom stereocenters. The van der Waals surface area contributed by atoms with Gasteiger partial charge in [-0.15, -0.1) is 0 Å². The monoisotopic (exact) mass is 835 g/mol. The maximum absolute atomic E-state index is 12.9. The van der Waals surface area contributed by atoms with Gasteiger partial charge in [0.15, 0.2) is 6.10 Å². The Balaban J connectivity index is 2.66. The molecule has 0 amide bonds. The third-order valence-corrected chi connectivity index (χ3v) is 11.0. The Bertz CT molecular complexity index is 1110. The topological polar surface area (TPSA) is 282 Å². The van der Waals surface area contributed by atoms with Crippen LogP contribution in [0.15, 0.2) is 0 Å². The fourth-order valence-corrected chi connectivity index (χ4v) is 7.87. The predicted octanol–water partition coefficient (Wildman–Crippen LogP) is 4.83. The van der Waals surface area contributed by atoms with Crippen molar-refractivity contribution < 1.29 is 76.9 Å². The minimum Gasteiger partial charge on any atom is -0.462 e. The lowest BCUT2D eigenvalue weighted by Gasteiger charge is -2.43. The largest absolute Gasteiger partial charge is 0.472 e. The number of hydrogen-bond donors (Lipinski definition) is 8. The van der Waals surface area contributed by atoms with E-state index in [-0.39, 0.29) is 12.8 Å². The Labute approximate surface area is 326 Å². The van der Waals surface area contributed by atoms with E-state index in [0.717, 1.165) is 70.6 Å². The van der Waals surface area contributed by atoms with E-state index in [0.29, 0.717) is 19.4 Å². The van der Waals surface area contributed by atoms with Gasteiger partial charge in [0.1, 0.15) is 43.2 Å². The molecule has 0 heterocycles. The first kappa shape index (κ1) is 52.0. The zero-order valence-corrected chi connectivity index (χ0v) is 34.5. The zero-order valence-electron chi connectivity index (χ0n) is 32.7. The lowest BCUT2D eigenvalue weighted by molar-refractivity contribution is -0.216. The van der Waals surface area contributed by atoms with Crippen LogP contribution in [-0.4, -0.2) is 110 Å². The number of carbonyl (C=O) groups is 2. The molecule has 0 radical (unpaired) electrons. The number of carbonyl (C=O) groups excluding carboxylic acids is 2. The summed E-state index contributed by atoms with van der Waals surface area (Å²) in [6.07, 6.45) is 7.70. The highest BCUT2D eigenvalue weighted by molar-refractivity contribution is 7.47. The quantitative estimate of drug-likeness (QED) is 0.0245. The summed E-state index contributed by atoms with van der Waals surface area (Å²) in [5.74, 6) is -1.22. The number of phosphoric ester groups is 2. The van der Waals surface area contributed by atoms with Crippen molar-refractivity contribution in [3.63, 3.8) is 0 Å². The lowest BCUT2D eigenvalue weighted by Crippen LogP contribution is -2.64. The Kier molecular flexibility index (Phi) is 28.4. The highest BCUT2D eigenvalue weighted by Gasteiger charge is 2.54. The molecule has 19 heteroatoms. The summed E-state index contributed by atoms with van der Waals surface area (Å²) < 4.78 is 49.0. The summed E-state index contributed by atoms with van der Waals surface area (Å²) in [4.78, 5) is 53.8. The molecule has 9 N–H and O–H groups in total. The van der Waals surface area contributed by atoms with E-state index in [1.807, 2.05) is 0 Å². The van der Waals surface area contributed by atoms with Gasteiger partial charge in [-0.1, -0.05) is 122 Å². The second kappa shape index (κ2) is 30.1. The van der Waals surface area contributed by atoms with Crippen LogP contribution in [0.25, 0.3) is 0 Å². The molecule has 1 aliphatic carbocycles. The van der Waals surface area contributed by atoms with Crippen LogP contribution in [-0.2, 0) is 41.8 Å². The first-order chi connectivity index (χ1) is 26.1. The molecule has 55 heavy (non-hydrogen) atoms. The van der Waals surface area contributed by atoms with Gasteiger partial charge in [0, 0.05) is 12.8 Å². The number of esters is 2. The number of rotatable bonds is 34. The van der Waals surface area contributed by atoms with Crippen molar-refractivity contribution in [1.82, 2.24) is 0 Å². The van der Waals surface area contributed by atoms with Gasteiger partial charge in [0.05, 0.1) is 6.61 Å². The Morgan fingerprint density at radius 3 is 1.44 bits per heavy atom. The molecule has 1 rings (SSSR count). The minimum atomic E-state index is -5.35. The third kappa shape index (κ3) is 25.1. The highest BCUT2D eigenvalue weighted by atomic mass is 31.2. The van der Waals surface area contributed by atoms with Crippen molar-refractivity contribution >= 4 is 27.6 Å². The molecule has 1 saturated carbocycles. The van der Waals surface area contributed by atoms with Crippen LogP contribution in [0, 0.1) is 0 Å². The van der Waals surface area contributed by atoms with E-state index in [2.05, 4.69) is 11.4 Å². The fourth-order valence-electron chi connectivity index (χ4n) is 6.33. The smallest absolute Gasteiger partial charge is 0.462 e. The summed E-state index contributed by atoms with van der Waals surface area (Å²) in [5.41, 5.74) is 5.51. The van der Waals surface area contributed by atoms with E-state index < -0.39 is 83.5 Å². The molecule has 0 aromatic heterocycles. The molecule has 0 aromatic rings. The maximum atomic E-state index is 12.9. The normalized spacial score (nSPS) is 23.3. The number of nitrogens with two attached hydrogens (primary N) is 1. The van der Waals surface area contributed by atoms with Gasteiger partial charge in [-0.25, -0.2) is 9.13 Å². The molecule has 326 valence electrons. The van der Waals surface area contributed by atoms with Crippen molar-refractivity contribution in [1.29, 1.82) is 0 Å². The average Bonchev–Trinajstić information content (AvgIpc) is 3.13. The average molecular weight is 836 g/mol. The van der Waals surface area contributed by atoms with Gasteiger partial charge < -0.3 is 50.3 Å². The summed E-state index contributed by atoms with van der Waals surface area (Å²) in [5, 5.41) is 41.0. The van der Waals surface area contributed by atoms with Crippen LogP contribution in [0.3, 0.4) is 0 Å². The molecule has 8 atom stereocenters. The predicted molar refractivity (Wildman–Crippen MR) is 203 cm³/mol.